The minimum absolute atomic E-state index is 0.0174. The first-order valence-corrected chi connectivity index (χ1v) is 6.25. The van der Waals surface area contributed by atoms with Crippen LogP contribution in [0.2, 0.25) is 0 Å². The third kappa shape index (κ3) is 2.91. The zero-order valence-electron chi connectivity index (χ0n) is 10.5. The van der Waals surface area contributed by atoms with Gasteiger partial charge in [0, 0.05) is 12.2 Å². The van der Waals surface area contributed by atoms with Crippen LogP contribution in [-0.4, -0.2) is 22.2 Å². The zero-order chi connectivity index (χ0) is 13.1. The van der Waals surface area contributed by atoms with Gasteiger partial charge in [-0.15, -0.1) is 0 Å². The highest BCUT2D eigenvalue weighted by atomic mass is 16.4. The van der Waals surface area contributed by atoms with Crippen molar-refractivity contribution in [3.05, 3.63) is 24.0 Å². The van der Waals surface area contributed by atoms with Crippen LogP contribution in [0.4, 0.5) is 10.5 Å². The summed E-state index contributed by atoms with van der Waals surface area (Å²) in [5.74, 6) is 0.807. The predicted octanol–water partition coefficient (Wildman–Crippen LogP) is 2.20. The Morgan fingerprint density at radius 1 is 1.50 bits per heavy atom. The molecule has 5 nitrogen and oxygen atoms in total. The fraction of sp³-hybridized carbons (Fsp3) is 0.538. The van der Waals surface area contributed by atoms with Crippen LogP contribution in [0.5, 0.6) is 0 Å². The van der Waals surface area contributed by atoms with Crippen molar-refractivity contribution in [2.45, 2.75) is 38.1 Å². The minimum atomic E-state index is -0.949. The summed E-state index contributed by atoms with van der Waals surface area (Å²) in [5.41, 5.74) is 7.74. The topological polar surface area (TPSA) is 88.2 Å². The van der Waals surface area contributed by atoms with Gasteiger partial charge in [-0.2, -0.15) is 0 Å². The molecule has 1 heterocycles. The lowest BCUT2D eigenvalue weighted by Crippen LogP contribution is -2.39. The number of aromatic nitrogens is 1. The second-order valence-corrected chi connectivity index (χ2v) is 5.16. The smallest absolute Gasteiger partial charge is 0.404 e. The standard InChI is InChI=1S/C13H19N3O2/c1-8-4-9(6-10(5-8)16-13(17)18)11-2-3-15-7-12(11)14/h2-3,7-10,16H,4-6,14H2,1H3,(H,17,18)/t8-,9+,10?/m0/s1. The Hall–Kier alpha value is -1.78. The first kappa shape index (κ1) is 12.7. The van der Waals surface area contributed by atoms with E-state index in [1.54, 1.807) is 12.4 Å². The average molecular weight is 249 g/mol. The van der Waals surface area contributed by atoms with E-state index in [-0.39, 0.29) is 6.04 Å². The molecule has 3 atom stereocenters. The van der Waals surface area contributed by atoms with Gasteiger partial charge >= 0.3 is 6.09 Å². The highest BCUT2D eigenvalue weighted by molar-refractivity contribution is 5.64. The molecular weight excluding hydrogens is 230 g/mol. The molecule has 0 spiro atoms. The maximum absolute atomic E-state index is 10.7. The fourth-order valence-corrected chi connectivity index (χ4v) is 2.94. The molecule has 1 aliphatic rings. The number of hydrogen-bond acceptors (Lipinski definition) is 3. The van der Waals surface area contributed by atoms with Crippen molar-refractivity contribution >= 4 is 11.8 Å². The van der Waals surface area contributed by atoms with Crippen molar-refractivity contribution < 1.29 is 9.90 Å². The second kappa shape index (κ2) is 5.25. The predicted molar refractivity (Wildman–Crippen MR) is 69.4 cm³/mol. The molecule has 0 saturated heterocycles. The largest absolute Gasteiger partial charge is 0.465 e. The van der Waals surface area contributed by atoms with Crippen LogP contribution in [0.1, 0.15) is 37.7 Å². The molecule has 1 aliphatic carbocycles. The van der Waals surface area contributed by atoms with Gasteiger partial charge < -0.3 is 16.2 Å². The Bertz CT molecular complexity index is 436. The highest BCUT2D eigenvalue weighted by Crippen LogP contribution is 2.37. The maximum atomic E-state index is 10.7. The Morgan fingerprint density at radius 2 is 2.28 bits per heavy atom. The molecule has 98 valence electrons. The second-order valence-electron chi connectivity index (χ2n) is 5.16. The summed E-state index contributed by atoms with van der Waals surface area (Å²) < 4.78 is 0. The lowest BCUT2D eigenvalue weighted by molar-refractivity contribution is 0.179. The van der Waals surface area contributed by atoms with Gasteiger partial charge in [-0.3, -0.25) is 4.98 Å². The van der Waals surface area contributed by atoms with Gasteiger partial charge in [-0.1, -0.05) is 6.92 Å². The third-order valence-corrected chi connectivity index (χ3v) is 3.60. The first-order valence-electron chi connectivity index (χ1n) is 6.25. The Balaban J connectivity index is 2.13. The van der Waals surface area contributed by atoms with Gasteiger partial charge in [0.1, 0.15) is 0 Å². The van der Waals surface area contributed by atoms with E-state index >= 15 is 0 Å². The monoisotopic (exact) mass is 249 g/mol. The molecule has 4 N–H and O–H groups in total. The van der Waals surface area contributed by atoms with Crippen molar-refractivity contribution in [3.8, 4) is 0 Å². The van der Waals surface area contributed by atoms with E-state index in [1.165, 1.54) is 0 Å². The number of nitrogens with zero attached hydrogens (tertiary/aromatic N) is 1. The molecular formula is C13H19N3O2. The molecule has 1 amide bonds. The molecule has 0 radical (unpaired) electrons. The van der Waals surface area contributed by atoms with Gasteiger partial charge in [0.2, 0.25) is 0 Å². The number of pyridine rings is 1. The average Bonchev–Trinajstić information content (AvgIpc) is 2.27. The lowest BCUT2D eigenvalue weighted by atomic mass is 9.76. The summed E-state index contributed by atoms with van der Waals surface area (Å²) in [7, 11) is 0. The molecule has 0 aromatic carbocycles. The van der Waals surface area contributed by atoms with Gasteiger partial charge in [-0.05, 0) is 42.7 Å². The van der Waals surface area contributed by atoms with E-state index in [2.05, 4.69) is 17.2 Å². The van der Waals surface area contributed by atoms with E-state index in [0.29, 0.717) is 17.5 Å². The number of nitrogen functional groups attached to an aromatic ring is 1. The number of carbonyl (C=O) groups is 1. The summed E-state index contributed by atoms with van der Waals surface area (Å²) in [6.07, 6.45) is 5.21. The van der Waals surface area contributed by atoms with E-state index in [4.69, 9.17) is 10.8 Å². The molecule has 0 aliphatic heterocycles. The van der Waals surface area contributed by atoms with Gasteiger partial charge in [0.05, 0.1) is 11.9 Å². The Kier molecular flexibility index (Phi) is 3.69. The highest BCUT2D eigenvalue weighted by Gasteiger charge is 2.29. The summed E-state index contributed by atoms with van der Waals surface area (Å²) in [6.45, 7) is 2.15. The van der Waals surface area contributed by atoms with Crippen molar-refractivity contribution in [2.24, 2.45) is 5.92 Å². The number of hydrogen-bond donors (Lipinski definition) is 3. The maximum Gasteiger partial charge on any atom is 0.404 e. The Labute approximate surface area is 106 Å². The number of carboxylic acid groups (broad SMARTS) is 1. The number of nitrogens with two attached hydrogens (primary N) is 1. The molecule has 1 saturated carbocycles. The summed E-state index contributed by atoms with van der Waals surface area (Å²) in [6, 6.07) is 1.96. The molecule has 0 bridgehead atoms. The van der Waals surface area contributed by atoms with E-state index in [0.717, 1.165) is 24.8 Å². The molecule has 18 heavy (non-hydrogen) atoms. The van der Waals surface area contributed by atoms with Gasteiger partial charge in [-0.25, -0.2) is 4.79 Å². The zero-order valence-corrected chi connectivity index (χ0v) is 10.5. The Morgan fingerprint density at radius 3 is 2.94 bits per heavy atom. The lowest BCUT2D eigenvalue weighted by Gasteiger charge is -2.33. The van der Waals surface area contributed by atoms with Crippen LogP contribution in [-0.2, 0) is 0 Å². The van der Waals surface area contributed by atoms with Crippen molar-refractivity contribution in [2.75, 3.05) is 5.73 Å². The number of nitrogens with one attached hydrogen (secondary N) is 1. The van der Waals surface area contributed by atoms with Gasteiger partial charge in [0.25, 0.3) is 0 Å². The summed E-state index contributed by atoms with van der Waals surface area (Å²) >= 11 is 0. The SMILES string of the molecule is C[C@@H]1CC(NC(=O)O)C[C@H](c2ccncc2N)C1. The quantitative estimate of drug-likeness (QED) is 0.749. The first-order chi connectivity index (χ1) is 8.56. The van der Waals surface area contributed by atoms with Crippen molar-refractivity contribution in [1.29, 1.82) is 0 Å². The van der Waals surface area contributed by atoms with Crippen LogP contribution in [0.3, 0.4) is 0 Å². The van der Waals surface area contributed by atoms with Crippen LogP contribution in [0.25, 0.3) is 0 Å². The molecule has 2 rings (SSSR count). The number of amides is 1. The van der Waals surface area contributed by atoms with Crippen LogP contribution >= 0.6 is 0 Å². The van der Waals surface area contributed by atoms with E-state index in [1.807, 2.05) is 6.07 Å². The van der Waals surface area contributed by atoms with Crippen molar-refractivity contribution in [1.82, 2.24) is 10.3 Å². The fourth-order valence-electron chi connectivity index (χ4n) is 2.94. The van der Waals surface area contributed by atoms with Gasteiger partial charge in [0.15, 0.2) is 0 Å². The normalized spacial score (nSPS) is 27.7. The molecule has 5 heteroatoms. The molecule has 1 aromatic heterocycles. The minimum Gasteiger partial charge on any atom is -0.465 e. The van der Waals surface area contributed by atoms with Crippen LogP contribution in [0, 0.1) is 5.92 Å². The van der Waals surface area contributed by atoms with Crippen molar-refractivity contribution in [3.63, 3.8) is 0 Å². The van der Waals surface area contributed by atoms with E-state index in [9.17, 15) is 4.79 Å². The molecule has 1 fully saturated rings. The van der Waals surface area contributed by atoms with E-state index < -0.39 is 6.09 Å². The number of anilines is 1. The van der Waals surface area contributed by atoms with Crippen LogP contribution in [0.15, 0.2) is 18.5 Å². The molecule has 1 unspecified atom stereocenters. The number of rotatable bonds is 2. The summed E-state index contributed by atoms with van der Waals surface area (Å²) in [4.78, 5) is 14.7. The third-order valence-electron chi connectivity index (χ3n) is 3.60. The van der Waals surface area contributed by atoms with Crippen LogP contribution < -0.4 is 11.1 Å². The molecule has 1 aromatic rings. The summed E-state index contributed by atoms with van der Waals surface area (Å²) in [5, 5.41) is 11.4.